The molecule has 0 aliphatic heterocycles. The average molecular weight is 327 g/mol. The highest BCUT2D eigenvalue weighted by atomic mass is 35.5. The van der Waals surface area contributed by atoms with Crippen LogP contribution in [0, 0.1) is 10.1 Å². The lowest BCUT2D eigenvalue weighted by Gasteiger charge is -2.08. The van der Waals surface area contributed by atoms with Crippen molar-refractivity contribution in [3.8, 4) is 0 Å². The first kappa shape index (κ1) is 14.9. The average Bonchev–Trinajstić information content (AvgIpc) is 2.88. The lowest BCUT2D eigenvalue weighted by molar-refractivity contribution is -0.380. The fourth-order valence-corrected chi connectivity index (χ4v) is 2.55. The van der Waals surface area contributed by atoms with Gasteiger partial charge in [-0.05, 0) is 18.2 Å². The van der Waals surface area contributed by atoms with E-state index in [1.54, 1.807) is 0 Å². The molecule has 0 aliphatic carbocycles. The Hall–Kier alpha value is -2.45. The van der Waals surface area contributed by atoms with E-state index in [1.807, 2.05) is 0 Å². The van der Waals surface area contributed by atoms with Crippen LogP contribution in [0.2, 0.25) is 5.02 Å². The third-order valence-electron chi connectivity index (χ3n) is 2.47. The molecule has 1 amide bonds. The van der Waals surface area contributed by atoms with Gasteiger partial charge in [0.15, 0.2) is 0 Å². The third kappa shape index (κ3) is 3.18. The fraction of sp³-hybridized carbons (Fsp3) is 0. The monoisotopic (exact) mass is 326 g/mol. The number of aromatic carboxylic acids is 1. The molecule has 0 bridgehead atoms. The first-order chi connectivity index (χ1) is 9.90. The van der Waals surface area contributed by atoms with E-state index in [-0.39, 0.29) is 26.2 Å². The molecular formula is C12H7ClN2O5S. The predicted molar refractivity (Wildman–Crippen MR) is 77.3 cm³/mol. The van der Waals surface area contributed by atoms with Crippen LogP contribution in [0.25, 0.3) is 0 Å². The van der Waals surface area contributed by atoms with Crippen molar-refractivity contribution in [3.05, 3.63) is 55.9 Å². The number of carbonyl (C=O) groups is 2. The Labute approximate surface area is 126 Å². The minimum absolute atomic E-state index is 0.0162. The second-order valence-corrected chi connectivity index (χ2v) is 5.29. The topological polar surface area (TPSA) is 110 Å². The normalized spacial score (nSPS) is 10.1. The zero-order chi connectivity index (χ0) is 15.6. The van der Waals surface area contributed by atoms with Crippen LogP contribution in [-0.4, -0.2) is 21.9 Å². The van der Waals surface area contributed by atoms with Crippen LogP contribution in [0.1, 0.15) is 20.0 Å². The van der Waals surface area contributed by atoms with Gasteiger partial charge in [-0.15, -0.1) is 0 Å². The maximum Gasteiger partial charge on any atom is 0.339 e. The number of hydrogen-bond donors (Lipinski definition) is 2. The highest BCUT2D eigenvalue weighted by Crippen LogP contribution is 2.27. The Morgan fingerprint density at radius 3 is 2.57 bits per heavy atom. The molecule has 0 saturated carbocycles. The van der Waals surface area contributed by atoms with Gasteiger partial charge in [0.25, 0.3) is 5.91 Å². The summed E-state index contributed by atoms with van der Waals surface area (Å²) in [7, 11) is 0. The number of hydrogen-bond acceptors (Lipinski definition) is 5. The molecule has 0 spiro atoms. The molecule has 0 radical (unpaired) electrons. The van der Waals surface area contributed by atoms with Crippen LogP contribution in [0.3, 0.4) is 0 Å². The zero-order valence-corrected chi connectivity index (χ0v) is 11.8. The van der Waals surface area contributed by atoms with Crippen molar-refractivity contribution < 1.29 is 19.6 Å². The molecule has 1 aromatic carbocycles. The SMILES string of the molecule is O=C(Nc1cccc(Cl)c1C(=O)O)c1ccc([N+](=O)[O-])s1. The molecular weight excluding hydrogens is 320 g/mol. The van der Waals surface area contributed by atoms with Crippen molar-refractivity contribution in [2.45, 2.75) is 0 Å². The highest BCUT2D eigenvalue weighted by Gasteiger charge is 2.19. The Kier molecular flexibility index (Phi) is 4.20. The van der Waals surface area contributed by atoms with Gasteiger partial charge in [-0.1, -0.05) is 29.0 Å². The minimum atomic E-state index is -1.28. The number of amides is 1. The fourth-order valence-electron chi connectivity index (χ4n) is 1.58. The van der Waals surface area contributed by atoms with E-state index in [2.05, 4.69) is 5.32 Å². The van der Waals surface area contributed by atoms with Gasteiger partial charge in [0.1, 0.15) is 5.56 Å². The van der Waals surface area contributed by atoms with Gasteiger partial charge in [-0.2, -0.15) is 0 Å². The molecule has 2 aromatic rings. The molecule has 0 fully saturated rings. The summed E-state index contributed by atoms with van der Waals surface area (Å²) >= 11 is 6.48. The summed E-state index contributed by atoms with van der Waals surface area (Å²) in [6.07, 6.45) is 0. The van der Waals surface area contributed by atoms with Crippen molar-refractivity contribution in [1.82, 2.24) is 0 Å². The summed E-state index contributed by atoms with van der Waals surface area (Å²) < 4.78 is 0. The lowest BCUT2D eigenvalue weighted by atomic mass is 10.1. The zero-order valence-electron chi connectivity index (χ0n) is 10.2. The summed E-state index contributed by atoms with van der Waals surface area (Å²) in [5, 5.41) is 21.8. The van der Waals surface area contributed by atoms with Gasteiger partial charge in [0.2, 0.25) is 0 Å². The molecule has 2 N–H and O–H groups in total. The number of nitrogens with zero attached hydrogens (tertiary/aromatic N) is 1. The molecule has 0 atom stereocenters. The highest BCUT2D eigenvalue weighted by molar-refractivity contribution is 7.17. The summed E-state index contributed by atoms with van der Waals surface area (Å²) in [6, 6.07) is 6.76. The van der Waals surface area contributed by atoms with Gasteiger partial charge >= 0.3 is 11.0 Å². The largest absolute Gasteiger partial charge is 0.478 e. The van der Waals surface area contributed by atoms with E-state index >= 15 is 0 Å². The Bertz CT molecular complexity index is 743. The summed E-state index contributed by atoms with van der Waals surface area (Å²) in [5.74, 6) is -1.93. The Morgan fingerprint density at radius 1 is 1.29 bits per heavy atom. The van der Waals surface area contributed by atoms with E-state index in [4.69, 9.17) is 16.7 Å². The number of thiophene rings is 1. The van der Waals surface area contributed by atoms with Gasteiger partial charge in [0.05, 0.1) is 20.5 Å². The van der Waals surface area contributed by atoms with Crippen LogP contribution >= 0.6 is 22.9 Å². The van der Waals surface area contributed by atoms with Gasteiger partial charge in [-0.25, -0.2) is 4.79 Å². The number of benzene rings is 1. The number of carbonyl (C=O) groups excluding carboxylic acids is 1. The van der Waals surface area contributed by atoms with Crippen LogP contribution in [0.4, 0.5) is 10.7 Å². The van der Waals surface area contributed by atoms with Crippen molar-refractivity contribution in [2.24, 2.45) is 0 Å². The molecule has 1 aromatic heterocycles. The summed E-state index contributed by atoms with van der Waals surface area (Å²) in [6.45, 7) is 0. The number of carboxylic acid groups (broad SMARTS) is 1. The lowest BCUT2D eigenvalue weighted by Crippen LogP contribution is -2.13. The predicted octanol–water partition coefficient (Wildman–Crippen LogP) is 3.26. The van der Waals surface area contributed by atoms with Crippen LogP contribution in [0.15, 0.2) is 30.3 Å². The standard InChI is InChI=1S/C12H7ClN2O5S/c13-6-2-1-3-7(10(6)12(17)18)14-11(16)8-4-5-9(21-8)15(19)20/h1-5H,(H,14,16)(H,17,18). The van der Waals surface area contributed by atoms with E-state index in [0.717, 1.165) is 0 Å². The Morgan fingerprint density at radius 2 is 2.00 bits per heavy atom. The maximum absolute atomic E-state index is 12.0. The second-order valence-electron chi connectivity index (χ2n) is 3.82. The molecule has 1 heterocycles. The minimum Gasteiger partial charge on any atom is -0.478 e. The van der Waals surface area contributed by atoms with Crippen LogP contribution in [0.5, 0.6) is 0 Å². The molecule has 7 nitrogen and oxygen atoms in total. The van der Waals surface area contributed by atoms with E-state index in [9.17, 15) is 19.7 Å². The molecule has 9 heteroatoms. The second kappa shape index (κ2) is 5.90. The summed E-state index contributed by atoms with van der Waals surface area (Å²) in [4.78, 5) is 33.2. The molecule has 2 rings (SSSR count). The number of rotatable bonds is 4. The quantitative estimate of drug-likeness (QED) is 0.662. The van der Waals surface area contributed by atoms with Crippen LogP contribution < -0.4 is 5.32 Å². The van der Waals surface area contributed by atoms with E-state index in [1.165, 1.54) is 30.3 Å². The third-order valence-corrected chi connectivity index (χ3v) is 3.82. The van der Waals surface area contributed by atoms with Crippen molar-refractivity contribution in [3.63, 3.8) is 0 Å². The molecule has 0 aliphatic rings. The molecule has 0 unspecified atom stereocenters. The van der Waals surface area contributed by atoms with E-state index < -0.39 is 16.8 Å². The number of nitro groups is 1. The first-order valence-electron chi connectivity index (χ1n) is 5.47. The van der Waals surface area contributed by atoms with Crippen LogP contribution in [-0.2, 0) is 0 Å². The van der Waals surface area contributed by atoms with Gasteiger partial charge in [0, 0.05) is 6.07 Å². The smallest absolute Gasteiger partial charge is 0.339 e. The van der Waals surface area contributed by atoms with Gasteiger partial charge in [-0.3, -0.25) is 14.9 Å². The number of anilines is 1. The molecule has 108 valence electrons. The van der Waals surface area contributed by atoms with Crippen molar-refractivity contribution >= 4 is 45.5 Å². The van der Waals surface area contributed by atoms with Crippen molar-refractivity contribution in [2.75, 3.05) is 5.32 Å². The number of nitrogens with one attached hydrogen (secondary N) is 1. The number of halogens is 1. The molecule has 21 heavy (non-hydrogen) atoms. The Balaban J connectivity index is 2.29. The molecule has 0 saturated heterocycles. The maximum atomic E-state index is 12.0. The van der Waals surface area contributed by atoms with E-state index in [0.29, 0.717) is 11.3 Å². The summed E-state index contributed by atoms with van der Waals surface area (Å²) in [5.41, 5.74) is -0.213. The van der Waals surface area contributed by atoms with Crippen molar-refractivity contribution in [1.29, 1.82) is 0 Å². The van der Waals surface area contributed by atoms with Gasteiger partial charge < -0.3 is 10.4 Å². The number of carboxylic acids is 1. The first-order valence-corrected chi connectivity index (χ1v) is 6.67.